The van der Waals surface area contributed by atoms with E-state index in [-0.39, 0.29) is 12.2 Å². The summed E-state index contributed by atoms with van der Waals surface area (Å²) >= 11 is 20.3. The Morgan fingerprint density at radius 1 is 1.05 bits per heavy atom. The Hall–Kier alpha value is -3.36. The number of hydrogen-bond acceptors (Lipinski definition) is 6. The van der Waals surface area contributed by atoms with Crippen molar-refractivity contribution in [2.24, 2.45) is 4.99 Å². The minimum atomic E-state index is -0.669. The standard InChI is InChI=1S/C30H23Cl3N2O4S/c1-3-23-25(29(37)38-2)26(19-7-5-4-6-8-19)35-28(36)24(40-30(35)34-23)15-18-13-21(32)27(22(33)14-18)39-16-17-9-11-20(31)12-10-17/h4-15,26H,3,16H2,1-2H3/b24-15-/t26-/m1/s1. The zero-order valence-corrected chi connectivity index (χ0v) is 24.6. The maximum Gasteiger partial charge on any atom is 0.338 e. The van der Waals surface area contributed by atoms with E-state index < -0.39 is 12.0 Å². The number of fused-ring (bicyclic) bond motifs is 1. The zero-order valence-electron chi connectivity index (χ0n) is 21.5. The van der Waals surface area contributed by atoms with E-state index in [2.05, 4.69) is 4.99 Å². The molecule has 1 aromatic heterocycles. The molecule has 0 bridgehead atoms. The van der Waals surface area contributed by atoms with Crippen LogP contribution in [0.4, 0.5) is 0 Å². The lowest BCUT2D eigenvalue weighted by Crippen LogP contribution is -2.40. The minimum Gasteiger partial charge on any atom is -0.486 e. The second-order valence-corrected chi connectivity index (χ2v) is 11.2. The van der Waals surface area contributed by atoms with Crippen LogP contribution in [0, 0.1) is 0 Å². The van der Waals surface area contributed by atoms with Gasteiger partial charge in [-0.3, -0.25) is 9.36 Å². The smallest absolute Gasteiger partial charge is 0.338 e. The van der Waals surface area contributed by atoms with Gasteiger partial charge in [-0.05, 0) is 53.5 Å². The second-order valence-electron chi connectivity index (χ2n) is 8.93. The predicted octanol–water partition coefficient (Wildman–Crippen LogP) is 6.34. The zero-order chi connectivity index (χ0) is 28.4. The average molecular weight is 614 g/mol. The van der Waals surface area contributed by atoms with Crippen LogP contribution < -0.4 is 19.6 Å². The molecule has 0 aliphatic carbocycles. The summed E-state index contributed by atoms with van der Waals surface area (Å²) in [6.07, 6.45) is 2.21. The molecular formula is C30H23Cl3N2O4S. The SMILES string of the molecule is CCC1=C(C(=O)OC)[C@@H](c2ccccc2)n2c(s/c(=C\c3cc(Cl)c(OCc4ccc(Cl)cc4)c(Cl)c3)c2=O)=N1. The molecular weight excluding hydrogens is 591 g/mol. The van der Waals surface area contributed by atoms with E-state index in [0.717, 1.165) is 11.1 Å². The van der Waals surface area contributed by atoms with Crippen molar-refractivity contribution < 1.29 is 14.3 Å². The third-order valence-electron chi connectivity index (χ3n) is 6.38. The lowest BCUT2D eigenvalue weighted by atomic mass is 9.95. The summed E-state index contributed by atoms with van der Waals surface area (Å²) in [4.78, 5) is 31.9. The highest BCUT2D eigenvalue weighted by Gasteiger charge is 2.33. The van der Waals surface area contributed by atoms with E-state index >= 15 is 0 Å². The van der Waals surface area contributed by atoms with Crippen LogP contribution in [-0.2, 0) is 16.1 Å². The van der Waals surface area contributed by atoms with E-state index in [9.17, 15) is 9.59 Å². The molecule has 1 aliphatic rings. The largest absolute Gasteiger partial charge is 0.486 e. The molecule has 40 heavy (non-hydrogen) atoms. The van der Waals surface area contributed by atoms with Crippen LogP contribution in [-0.4, -0.2) is 17.6 Å². The van der Waals surface area contributed by atoms with Crippen molar-refractivity contribution in [1.82, 2.24) is 4.57 Å². The van der Waals surface area contributed by atoms with Crippen molar-refractivity contribution >= 4 is 58.2 Å². The van der Waals surface area contributed by atoms with Crippen LogP contribution in [0.2, 0.25) is 15.1 Å². The summed E-state index contributed by atoms with van der Waals surface area (Å²) in [5, 5.41) is 1.25. The van der Waals surface area contributed by atoms with E-state index in [1.165, 1.54) is 18.4 Å². The molecule has 0 saturated heterocycles. The number of aromatic nitrogens is 1. The monoisotopic (exact) mass is 612 g/mol. The van der Waals surface area contributed by atoms with Gasteiger partial charge in [-0.15, -0.1) is 0 Å². The van der Waals surface area contributed by atoms with Crippen LogP contribution in [0.5, 0.6) is 5.75 Å². The van der Waals surface area contributed by atoms with Gasteiger partial charge in [0.1, 0.15) is 6.61 Å². The lowest BCUT2D eigenvalue weighted by Gasteiger charge is -2.25. The van der Waals surface area contributed by atoms with Gasteiger partial charge in [0.2, 0.25) is 0 Å². The second kappa shape index (κ2) is 12.0. The maximum absolute atomic E-state index is 13.8. The van der Waals surface area contributed by atoms with Crippen molar-refractivity contribution in [2.75, 3.05) is 7.11 Å². The number of nitrogens with zero attached hydrogens (tertiary/aromatic N) is 2. The molecule has 0 spiro atoms. The van der Waals surface area contributed by atoms with Crippen LogP contribution in [0.1, 0.15) is 36.1 Å². The molecule has 5 rings (SSSR count). The minimum absolute atomic E-state index is 0.260. The molecule has 0 saturated carbocycles. The molecule has 1 aliphatic heterocycles. The van der Waals surface area contributed by atoms with Gasteiger partial charge in [-0.25, -0.2) is 9.79 Å². The Balaban J connectivity index is 1.56. The van der Waals surface area contributed by atoms with Gasteiger partial charge in [0.25, 0.3) is 5.56 Å². The van der Waals surface area contributed by atoms with E-state index in [1.54, 1.807) is 34.9 Å². The Bertz CT molecular complexity index is 1770. The highest BCUT2D eigenvalue weighted by atomic mass is 35.5. The fraction of sp³-hybridized carbons (Fsp3) is 0.167. The highest BCUT2D eigenvalue weighted by Crippen LogP contribution is 2.35. The lowest BCUT2D eigenvalue weighted by molar-refractivity contribution is -0.136. The number of thiazole rings is 1. The van der Waals surface area contributed by atoms with E-state index in [1.807, 2.05) is 49.4 Å². The fourth-order valence-electron chi connectivity index (χ4n) is 4.50. The summed E-state index contributed by atoms with van der Waals surface area (Å²) in [5.74, 6) is -0.173. The summed E-state index contributed by atoms with van der Waals surface area (Å²) in [6, 6.07) is 19.4. The summed E-state index contributed by atoms with van der Waals surface area (Å²) in [5.41, 5.74) is 2.96. The summed E-state index contributed by atoms with van der Waals surface area (Å²) < 4.78 is 12.9. The Morgan fingerprint density at radius 2 is 1.73 bits per heavy atom. The third-order valence-corrected chi connectivity index (χ3v) is 8.18. The summed E-state index contributed by atoms with van der Waals surface area (Å²) in [6.45, 7) is 2.18. The Morgan fingerprint density at radius 3 is 2.35 bits per heavy atom. The number of hydrogen-bond donors (Lipinski definition) is 0. The van der Waals surface area contributed by atoms with Gasteiger partial charge >= 0.3 is 5.97 Å². The number of rotatable bonds is 7. The quantitative estimate of drug-likeness (QED) is 0.228. The van der Waals surface area contributed by atoms with Crippen molar-refractivity contribution in [1.29, 1.82) is 0 Å². The van der Waals surface area contributed by atoms with Crippen molar-refractivity contribution in [2.45, 2.75) is 26.0 Å². The molecule has 0 amide bonds. The van der Waals surface area contributed by atoms with Crippen molar-refractivity contribution in [3.05, 3.63) is 129 Å². The molecule has 204 valence electrons. The molecule has 0 radical (unpaired) electrons. The van der Waals surface area contributed by atoms with Gasteiger partial charge in [-0.2, -0.15) is 0 Å². The highest BCUT2D eigenvalue weighted by molar-refractivity contribution is 7.07. The van der Waals surface area contributed by atoms with Gasteiger partial charge in [-0.1, -0.05) is 95.5 Å². The first-order valence-corrected chi connectivity index (χ1v) is 14.3. The molecule has 0 N–H and O–H groups in total. The fourth-order valence-corrected chi connectivity index (χ4v) is 6.26. The number of carbonyl (C=O) groups is 1. The van der Waals surface area contributed by atoms with Gasteiger partial charge in [0.15, 0.2) is 10.6 Å². The van der Waals surface area contributed by atoms with Crippen molar-refractivity contribution in [3.8, 4) is 5.75 Å². The molecule has 2 heterocycles. The van der Waals surface area contributed by atoms with Crippen LogP contribution in [0.3, 0.4) is 0 Å². The number of ether oxygens (including phenoxy) is 2. The Labute approximate surface area is 249 Å². The number of esters is 1. The van der Waals surface area contributed by atoms with Crippen LogP contribution in [0.25, 0.3) is 6.08 Å². The van der Waals surface area contributed by atoms with Crippen LogP contribution in [0.15, 0.2) is 87.8 Å². The number of methoxy groups -OCH3 is 1. The third kappa shape index (κ3) is 5.60. The van der Waals surface area contributed by atoms with Gasteiger partial charge in [0, 0.05) is 5.02 Å². The van der Waals surface area contributed by atoms with Gasteiger partial charge in [0.05, 0.1) is 39.0 Å². The molecule has 0 unspecified atom stereocenters. The first-order chi connectivity index (χ1) is 19.3. The molecule has 4 aromatic rings. The Kier molecular flexibility index (Phi) is 8.47. The van der Waals surface area contributed by atoms with E-state index in [4.69, 9.17) is 44.3 Å². The first kappa shape index (κ1) is 28.2. The molecule has 10 heteroatoms. The number of allylic oxidation sites excluding steroid dienone is 1. The number of benzene rings is 3. The first-order valence-electron chi connectivity index (χ1n) is 12.3. The number of carbonyl (C=O) groups excluding carboxylic acids is 1. The summed E-state index contributed by atoms with van der Waals surface area (Å²) in [7, 11) is 1.33. The molecule has 0 fully saturated rings. The predicted molar refractivity (Wildman–Crippen MR) is 159 cm³/mol. The molecule has 3 aromatic carbocycles. The molecule has 6 nitrogen and oxygen atoms in total. The van der Waals surface area contributed by atoms with Crippen molar-refractivity contribution in [3.63, 3.8) is 0 Å². The topological polar surface area (TPSA) is 69.9 Å². The normalized spacial score (nSPS) is 15.0. The van der Waals surface area contributed by atoms with Gasteiger partial charge < -0.3 is 9.47 Å². The van der Waals surface area contributed by atoms with Crippen LogP contribution >= 0.6 is 46.1 Å². The van der Waals surface area contributed by atoms with E-state index in [0.29, 0.717) is 53.4 Å². The molecule has 1 atom stereocenters. The maximum atomic E-state index is 13.8. The average Bonchev–Trinajstić information content (AvgIpc) is 3.26. The number of halogens is 3.